The predicted octanol–water partition coefficient (Wildman–Crippen LogP) is 0.467. The standard InChI is InChI=1S/C15H18N6O2/c1-10(2)18-14(22)13-7-11-8-20(5-6-21(11)19-13)15(23)12-3-4-16-9-17-12/h3-4,7,9-10H,5-6,8H2,1-2H3,(H,18,22). The molecule has 8 heteroatoms. The van der Waals surface area contributed by atoms with Gasteiger partial charge in [-0.2, -0.15) is 5.10 Å². The zero-order valence-corrected chi connectivity index (χ0v) is 13.1. The van der Waals surface area contributed by atoms with Crippen LogP contribution in [0.15, 0.2) is 24.7 Å². The van der Waals surface area contributed by atoms with Crippen LogP contribution in [0.25, 0.3) is 0 Å². The number of hydrogen-bond donors (Lipinski definition) is 1. The Balaban J connectivity index is 1.75. The second-order valence-corrected chi connectivity index (χ2v) is 5.69. The van der Waals surface area contributed by atoms with Gasteiger partial charge in [0.05, 0.1) is 18.8 Å². The summed E-state index contributed by atoms with van der Waals surface area (Å²) in [5, 5.41) is 7.13. The molecule has 2 aromatic heterocycles. The van der Waals surface area contributed by atoms with Crippen molar-refractivity contribution in [1.29, 1.82) is 0 Å². The van der Waals surface area contributed by atoms with E-state index >= 15 is 0 Å². The number of aromatic nitrogens is 4. The van der Waals surface area contributed by atoms with Crippen LogP contribution in [0.4, 0.5) is 0 Å². The Morgan fingerprint density at radius 3 is 2.78 bits per heavy atom. The van der Waals surface area contributed by atoms with Crippen molar-refractivity contribution in [2.45, 2.75) is 33.0 Å². The van der Waals surface area contributed by atoms with Crippen LogP contribution in [0.2, 0.25) is 0 Å². The Labute approximate surface area is 133 Å². The fraction of sp³-hybridized carbons (Fsp3) is 0.400. The van der Waals surface area contributed by atoms with Gasteiger partial charge in [0.2, 0.25) is 0 Å². The highest BCUT2D eigenvalue weighted by molar-refractivity contribution is 5.93. The van der Waals surface area contributed by atoms with Crippen LogP contribution in [0.5, 0.6) is 0 Å². The molecule has 0 spiro atoms. The van der Waals surface area contributed by atoms with Crippen LogP contribution in [0, 0.1) is 0 Å². The summed E-state index contributed by atoms with van der Waals surface area (Å²) in [6.07, 6.45) is 2.90. The molecule has 3 rings (SSSR count). The summed E-state index contributed by atoms with van der Waals surface area (Å²) in [6.45, 7) is 5.29. The van der Waals surface area contributed by atoms with Crippen LogP contribution in [0.3, 0.4) is 0 Å². The van der Waals surface area contributed by atoms with Gasteiger partial charge in [-0.25, -0.2) is 9.97 Å². The first kappa shape index (κ1) is 15.1. The highest BCUT2D eigenvalue weighted by Gasteiger charge is 2.25. The van der Waals surface area contributed by atoms with Crippen molar-refractivity contribution in [2.75, 3.05) is 6.54 Å². The third-order valence-electron chi connectivity index (χ3n) is 3.54. The number of hydrogen-bond acceptors (Lipinski definition) is 5. The number of rotatable bonds is 3. The number of carbonyl (C=O) groups excluding carboxylic acids is 2. The normalized spacial score (nSPS) is 13.8. The lowest BCUT2D eigenvalue weighted by Crippen LogP contribution is -2.38. The van der Waals surface area contributed by atoms with E-state index in [1.807, 2.05) is 13.8 Å². The van der Waals surface area contributed by atoms with Crippen molar-refractivity contribution in [3.05, 3.63) is 41.7 Å². The van der Waals surface area contributed by atoms with Gasteiger partial charge < -0.3 is 10.2 Å². The van der Waals surface area contributed by atoms with Gasteiger partial charge in [-0.15, -0.1) is 0 Å². The van der Waals surface area contributed by atoms with E-state index in [9.17, 15) is 9.59 Å². The molecule has 120 valence electrons. The summed E-state index contributed by atoms with van der Waals surface area (Å²) in [7, 11) is 0. The second kappa shape index (κ2) is 6.15. The molecular formula is C15H18N6O2. The molecule has 0 fully saturated rings. The molecular weight excluding hydrogens is 296 g/mol. The lowest BCUT2D eigenvalue weighted by molar-refractivity contribution is 0.0699. The minimum atomic E-state index is -0.199. The quantitative estimate of drug-likeness (QED) is 0.889. The number of carbonyl (C=O) groups is 2. The lowest BCUT2D eigenvalue weighted by Gasteiger charge is -2.27. The Morgan fingerprint density at radius 2 is 2.09 bits per heavy atom. The molecule has 3 heterocycles. The zero-order chi connectivity index (χ0) is 16.4. The van der Waals surface area contributed by atoms with Gasteiger partial charge in [0.1, 0.15) is 12.0 Å². The molecule has 2 amide bonds. The molecule has 8 nitrogen and oxygen atoms in total. The summed E-state index contributed by atoms with van der Waals surface area (Å²) in [5.41, 5.74) is 1.59. The monoisotopic (exact) mass is 314 g/mol. The molecule has 0 aliphatic carbocycles. The number of amides is 2. The minimum absolute atomic E-state index is 0.0528. The molecule has 23 heavy (non-hydrogen) atoms. The van der Waals surface area contributed by atoms with Gasteiger partial charge in [-0.05, 0) is 26.0 Å². The Morgan fingerprint density at radius 1 is 1.26 bits per heavy atom. The Kier molecular flexibility index (Phi) is 4.05. The third-order valence-corrected chi connectivity index (χ3v) is 3.54. The van der Waals surface area contributed by atoms with Crippen LogP contribution in [0.1, 0.15) is 40.5 Å². The van der Waals surface area contributed by atoms with E-state index in [2.05, 4.69) is 20.4 Å². The molecule has 0 bridgehead atoms. The van der Waals surface area contributed by atoms with Gasteiger partial charge in [0.25, 0.3) is 11.8 Å². The average Bonchev–Trinajstić information content (AvgIpc) is 2.97. The van der Waals surface area contributed by atoms with Gasteiger partial charge in [0.15, 0.2) is 5.69 Å². The molecule has 0 saturated carbocycles. The zero-order valence-electron chi connectivity index (χ0n) is 13.1. The van der Waals surface area contributed by atoms with Gasteiger partial charge in [0, 0.05) is 18.8 Å². The van der Waals surface area contributed by atoms with Crippen molar-refractivity contribution in [3.63, 3.8) is 0 Å². The van der Waals surface area contributed by atoms with Gasteiger partial charge >= 0.3 is 0 Å². The summed E-state index contributed by atoms with van der Waals surface area (Å²) < 4.78 is 1.78. The molecule has 0 atom stereocenters. The van der Waals surface area contributed by atoms with E-state index in [0.29, 0.717) is 31.0 Å². The third kappa shape index (κ3) is 3.20. The van der Waals surface area contributed by atoms with E-state index < -0.39 is 0 Å². The van der Waals surface area contributed by atoms with Crippen molar-refractivity contribution in [2.24, 2.45) is 0 Å². The van der Waals surface area contributed by atoms with E-state index in [1.54, 1.807) is 27.9 Å². The van der Waals surface area contributed by atoms with Crippen LogP contribution < -0.4 is 5.32 Å². The molecule has 1 aliphatic rings. The van der Waals surface area contributed by atoms with Crippen molar-refractivity contribution < 1.29 is 9.59 Å². The van der Waals surface area contributed by atoms with Crippen LogP contribution >= 0.6 is 0 Å². The first-order valence-electron chi connectivity index (χ1n) is 7.47. The Bertz CT molecular complexity index is 725. The fourth-order valence-electron chi connectivity index (χ4n) is 2.47. The van der Waals surface area contributed by atoms with Crippen LogP contribution in [-0.4, -0.2) is 49.0 Å². The number of fused-ring (bicyclic) bond motifs is 1. The number of nitrogens with zero attached hydrogens (tertiary/aromatic N) is 5. The molecule has 1 aliphatic heterocycles. The predicted molar refractivity (Wildman–Crippen MR) is 81.6 cm³/mol. The topological polar surface area (TPSA) is 93.0 Å². The first-order valence-corrected chi connectivity index (χ1v) is 7.47. The maximum absolute atomic E-state index is 12.4. The van der Waals surface area contributed by atoms with Crippen molar-refractivity contribution in [3.8, 4) is 0 Å². The van der Waals surface area contributed by atoms with Crippen LogP contribution in [-0.2, 0) is 13.1 Å². The highest BCUT2D eigenvalue weighted by Crippen LogP contribution is 2.15. The molecule has 2 aromatic rings. The lowest BCUT2D eigenvalue weighted by atomic mass is 10.2. The molecule has 1 N–H and O–H groups in total. The summed E-state index contributed by atoms with van der Waals surface area (Å²) in [5.74, 6) is -0.344. The molecule has 0 unspecified atom stereocenters. The summed E-state index contributed by atoms with van der Waals surface area (Å²) in [6, 6.07) is 3.38. The average molecular weight is 314 g/mol. The maximum Gasteiger partial charge on any atom is 0.272 e. The van der Waals surface area contributed by atoms with E-state index in [1.165, 1.54) is 6.33 Å². The summed E-state index contributed by atoms with van der Waals surface area (Å²) in [4.78, 5) is 33.9. The smallest absolute Gasteiger partial charge is 0.272 e. The minimum Gasteiger partial charge on any atom is -0.348 e. The molecule has 0 aromatic carbocycles. The van der Waals surface area contributed by atoms with E-state index in [0.717, 1.165) is 5.69 Å². The van der Waals surface area contributed by atoms with Crippen molar-refractivity contribution in [1.82, 2.24) is 30.0 Å². The number of nitrogens with one attached hydrogen (secondary N) is 1. The van der Waals surface area contributed by atoms with Crippen molar-refractivity contribution >= 4 is 11.8 Å². The maximum atomic E-state index is 12.4. The second-order valence-electron chi connectivity index (χ2n) is 5.69. The largest absolute Gasteiger partial charge is 0.348 e. The first-order chi connectivity index (χ1) is 11.0. The Hall–Kier alpha value is -2.77. The SMILES string of the molecule is CC(C)NC(=O)c1cc2n(n1)CCN(C(=O)c1ccncn1)C2. The van der Waals surface area contributed by atoms with Gasteiger partial charge in [-0.3, -0.25) is 14.3 Å². The molecule has 0 radical (unpaired) electrons. The molecule has 0 saturated heterocycles. The van der Waals surface area contributed by atoms with E-state index in [-0.39, 0.29) is 17.9 Å². The fourth-order valence-corrected chi connectivity index (χ4v) is 2.47. The van der Waals surface area contributed by atoms with Gasteiger partial charge in [-0.1, -0.05) is 0 Å². The van der Waals surface area contributed by atoms with E-state index in [4.69, 9.17) is 0 Å². The summed E-state index contributed by atoms with van der Waals surface area (Å²) >= 11 is 0. The highest BCUT2D eigenvalue weighted by atomic mass is 16.2.